The van der Waals surface area contributed by atoms with E-state index in [4.69, 9.17) is 18.9 Å². The average molecular weight is 543 g/mol. The van der Waals surface area contributed by atoms with Gasteiger partial charge in [-0.2, -0.15) is 0 Å². The maximum absolute atomic E-state index is 14.6. The van der Waals surface area contributed by atoms with Crippen LogP contribution in [0.3, 0.4) is 0 Å². The van der Waals surface area contributed by atoms with Gasteiger partial charge in [0.05, 0.1) is 23.7 Å². The van der Waals surface area contributed by atoms with Crippen LogP contribution in [0.25, 0.3) is 0 Å². The second-order valence-electron chi connectivity index (χ2n) is 12.2. The first-order valence-corrected chi connectivity index (χ1v) is 13.8. The second-order valence-corrected chi connectivity index (χ2v) is 12.2. The number of carbonyl (C=O) groups is 3. The van der Waals surface area contributed by atoms with E-state index in [-0.39, 0.29) is 30.3 Å². The molecule has 1 aliphatic heterocycles. The van der Waals surface area contributed by atoms with E-state index in [1.54, 1.807) is 25.2 Å². The molecule has 1 heterocycles. The summed E-state index contributed by atoms with van der Waals surface area (Å²) in [5, 5.41) is 12.2. The van der Waals surface area contributed by atoms with Crippen molar-refractivity contribution in [1.29, 1.82) is 0 Å². The largest absolute Gasteiger partial charge is 0.508 e. The van der Waals surface area contributed by atoms with Crippen LogP contribution in [0.4, 0.5) is 4.79 Å². The molecule has 0 aromatic carbocycles. The van der Waals surface area contributed by atoms with E-state index in [0.29, 0.717) is 37.9 Å². The Morgan fingerprint density at radius 1 is 1.23 bits per heavy atom. The number of allylic oxidation sites excluding steroid dienone is 4. The summed E-state index contributed by atoms with van der Waals surface area (Å²) < 4.78 is 22.9. The fourth-order valence-corrected chi connectivity index (χ4v) is 7.38. The Labute approximate surface area is 231 Å². The van der Waals surface area contributed by atoms with Crippen LogP contribution in [0.2, 0.25) is 0 Å². The summed E-state index contributed by atoms with van der Waals surface area (Å²) in [7, 11) is 0. The van der Waals surface area contributed by atoms with E-state index in [0.717, 1.165) is 11.1 Å². The first kappa shape index (κ1) is 29.3. The molecule has 3 aliphatic carbocycles. The summed E-state index contributed by atoms with van der Waals surface area (Å²) >= 11 is 0. The lowest BCUT2D eigenvalue weighted by atomic mass is 9.47. The number of ketones is 1. The predicted molar refractivity (Wildman–Crippen MR) is 145 cm³/mol. The van der Waals surface area contributed by atoms with Crippen LogP contribution in [-0.2, 0) is 28.5 Å². The molecule has 3 fully saturated rings. The standard InChI is InChI=1S/C31H42O8/c1-8-10-20(11-9-2)16-37-28(34)39-24-14-23-21(17-36-23)22-15-31(35)13-12-18(3)25(29(31,5)6)26(38-19(4)32)27(33)30(22,24)7/h8-11,21-24,26,35H,1,12-17H2,2-7H3/b11-9-,20-10+. The van der Waals surface area contributed by atoms with Crippen LogP contribution >= 0.6 is 0 Å². The molecule has 214 valence electrons. The smallest absolute Gasteiger partial charge is 0.450 e. The highest BCUT2D eigenvalue weighted by Gasteiger charge is 2.68. The molecule has 8 heteroatoms. The van der Waals surface area contributed by atoms with Gasteiger partial charge in [0.25, 0.3) is 0 Å². The topological polar surface area (TPSA) is 108 Å². The molecule has 4 rings (SSSR count). The van der Waals surface area contributed by atoms with Crippen LogP contribution in [0.15, 0.2) is 47.6 Å². The molecule has 1 saturated heterocycles. The number of fused-ring (bicyclic) bond motifs is 5. The van der Waals surface area contributed by atoms with Gasteiger partial charge in [0, 0.05) is 24.7 Å². The van der Waals surface area contributed by atoms with Crippen molar-refractivity contribution < 1.29 is 38.4 Å². The molecule has 8 nitrogen and oxygen atoms in total. The van der Waals surface area contributed by atoms with Crippen molar-refractivity contribution in [2.75, 3.05) is 13.2 Å². The lowest BCUT2D eigenvalue weighted by Crippen LogP contribution is -2.69. The molecular formula is C31H42O8. The Morgan fingerprint density at radius 2 is 1.95 bits per heavy atom. The summed E-state index contributed by atoms with van der Waals surface area (Å²) in [5.74, 6) is -1.23. The summed E-state index contributed by atoms with van der Waals surface area (Å²) in [4.78, 5) is 39.9. The Balaban J connectivity index is 1.74. The van der Waals surface area contributed by atoms with E-state index in [9.17, 15) is 19.5 Å². The number of Topliss-reactive ketones (excluding diaryl/α,β-unsaturated/α-hetero) is 1. The van der Waals surface area contributed by atoms with Crippen LogP contribution < -0.4 is 0 Å². The number of esters is 1. The molecule has 0 radical (unpaired) electrons. The highest BCUT2D eigenvalue weighted by Crippen LogP contribution is 2.61. The SMILES string of the molecule is C=C/C=C(\C=C/C)COC(=O)OC1CC2OCC2C2CC3(O)CCC(C)=C(C(OC(C)=O)C(=O)C12C)C3(C)C. The summed E-state index contributed by atoms with van der Waals surface area (Å²) in [6.07, 6.45) is 5.59. The third-order valence-corrected chi connectivity index (χ3v) is 9.77. The number of ether oxygens (including phenoxy) is 4. The van der Waals surface area contributed by atoms with Gasteiger partial charge in [-0.3, -0.25) is 9.59 Å². The lowest BCUT2D eigenvalue weighted by molar-refractivity contribution is -0.243. The number of aliphatic hydroxyl groups is 1. The van der Waals surface area contributed by atoms with Crippen molar-refractivity contribution in [3.8, 4) is 0 Å². The normalized spacial score (nSPS) is 37.6. The van der Waals surface area contributed by atoms with Gasteiger partial charge in [-0.05, 0) is 57.1 Å². The van der Waals surface area contributed by atoms with Gasteiger partial charge in [-0.15, -0.1) is 0 Å². The number of hydrogen-bond donors (Lipinski definition) is 1. The summed E-state index contributed by atoms with van der Waals surface area (Å²) in [5.41, 5.74) is -0.868. The lowest BCUT2D eigenvalue weighted by Gasteiger charge is -2.62. The molecule has 0 aromatic rings. The van der Waals surface area contributed by atoms with Crippen molar-refractivity contribution in [2.45, 2.75) is 91.1 Å². The number of hydrogen-bond acceptors (Lipinski definition) is 8. The van der Waals surface area contributed by atoms with Gasteiger partial charge in [-0.25, -0.2) is 4.79 Å². The monoisotopic (exact) mass is 542 g/mol. The quantitative estimate of drug-likeness (QED) is 0.284. The molecular weight excluding hydrogens is 500 g/mol. The van der Waals surface area contributed by atoms with E-state index in [1.807, 2.05) is 33.8 Å². The first-order valence-electron chi connectivity index (χ1n) is 13.8. The number of rotatable bonds is 6. The van der Waals surface area contributed by atoms with Gasteiger partial charge < -0.3 is 24.1 Å². The second kappa shape index (κ2) is 10.7. The maximum atomic E-state index is 14.6. The van der Waals surface area contributed by atoms with E-state index >= 15 is 0 Å². The Kier molecular flexibility index (Phi) is 8.03. The van der Waals surface area contributed by atoms with Crippen LogP contribution in [0.5, 0.6) is 0 Å². The minimum atomic E-state index is -1.24. The summed E-state index contributed by atoms with van der Waals surface area (Å²) in [6, 6.07) is 0. The molecule has 0 spiro atoms. The molecule has 4 aliphatic rings. The molecule has 0 aromatic heterocycles. The molecule has 7 unspecified atom stereocenters. The third kappa shape index (κ3) is 4.91. The molecule has 7 atom stereocenters. The zero-order valence-corrected chi connectivity index (χ0v) is 24.0. The zero-order valence-electron chi connectivity index (χ0n) is 24.0. The molecule has 0 amide bonds. The van der Waals surface area contributed by atoms with Crippen molar-refractivity contribution in [1.82, 2.24) is 0 Å². The van der Waals surface area contributed by atoms with Gasteiger partial charge in [-0.1, -0.05) is 50.3 Å². The summed E-state index contributed by atoms with van der Waals surface area (Å²) in [6.45, 7) is 14.9. The maximum Gasteiger partial charge on any atom is 0.508 e. The fourth-order valence-electron chi connectivity index (χ4n) is 7.38. The van der Waals surface area contributed by atoms with Crippen molar-refractivity contribution in [3.05, 3.63) is 47.6 Å². The van der Waals surface area contributed by atoms with Crippen LogP contribution in [0.1, 0.15) is 67.2 Å². The van der Waals surface area contributed by atoms with Gasteiger partial charge >= 0.3 is 12.1 Å². The highest BCUT2D eigenvalue weighted by molar-refractivity contribution is 5.94. The molecule has 1 N–H and O–H groups in total. The molecule has 39 heavy (non-hydrogen) atoms. The minimum absolute atomic E-state index is 0.0120. The van der Waals surface area contributed by atoms with E-state index < -0.39 is 40.8 Å². The molecule has 2 saturated carbocycles. The third-order valence-electron chi connectivity index (χ3n) is 9.77. The van der Waals surface area contributed by atoms with Gasteiger partial charge in [0.2, 0.25) is 0 Å². The highest BCUT2D eigenvalue weighted by atomic mass is 16.7. The first-order chi connectivity index (χ1) is 18.3. The fraction of sp³-hybridized carbons (Fsp3) is 0.645. The van der Waals surface area contributed by atoms with Gasteiger partial charge in [0.1, 0.15) is 12.7 Å². The average Bonchev–Trinajstić information content (AvgIpc) is 2.84. The Bertz CT molecular complexity index is 1130. The van der Waals surface area contributed by atoms with Crippen LogP contribution in [0, 0.1) is 22.7 Å². The molecule has 2 bridgehead atoms. The van der Waals surface area contributed by atoms with Crippen molar-refractivity contribution in [2.24, 2.45) is 22.7 Å². The minimum Gasteiger partial charge on any atom is -0.450 e. The van der Waals surface area contributed by atoms with E-state index in [1.165, 1.54) is 6.92 Å². The van der Waals surface area contributed by atoms with Crippen LogP contribution in [-0.4, -0.2) is 60.1 Å². The Morgan fingerprint density at radius 3 is 2.54 bits per heavy atom. The van der Waals surface area contributed by atoms with Crippen molar-refractivity contribution in [3.63, 3.8) is 0 Å². The number of carbonyl (C=O) groups excluding carboxylic acids is 3. The Hall–Kier alpha value is -2.71. The van der Waals surface area contributed by atoms with E-state index in [2.05, 4.69) is 6.58 Å². The van der Waals surface area contributed by atoms with Crippen molar-refractivity contribution >= 4 is 17.9 Å². The predicted octanol–water partition coefficient (Wildman–Crippen LogP) is 5.01. The van der Waals surface area contributed by atoms with Gasteiger partial charge in [0.15, 0.2) is 11.9 Å². The zero-order chi connectivity index (χ0) is 28.8.